The smallest absolute Gasteiger partial charge is 0.0400 e. The van der Waals surface area contributed by atoms with Gasteiger partial charge in [0.15, 0.2) is 0 Å². The van der Waals surface area contributed by atoms with Gasteiger partial charge in [-0.25, -0.2) is 0 Å². The molecule has 70 valence electrons. The quantitative estimate of drug-likeness (QED) is 0.738. The molecule has 0 radical (unpaired) electrons. The van der Waals surface area contributed by atoms with Crippen LogP contribution in [0.1, 0.15) is 12.5 Å². The Morgan fingerprint density at radius 2 is 2.23 bits per heavy atom. The molecular weight excluding hydrogens is 160 g/mol. The minimum Gasteiger partial charge on any atom is -0.369 e. The van der Waals surface area contributed by atoms with Crippen LogP contribution in [-0.4, -0.2) is 19.1 Å². The zero-order valence-electron chi connectivity index (χ0n) is 8.03. The van der Waals surface area contributed by atoms with Gasteiger partial charge in [0, 0.05) is 24.8 Å². The van der Waals surface area contributed by atoms with E-state index in [4.69, 9.17) is 5.73 Å². The van der Waals surface area contributed by atoms with Crippen molar-refractivity contribution in [3.63, 3.8) is 0 Å². The SMILES string of the molecule is CC(N)CN1CCc2ccccc21. The molecule has 1 aromatic rings. The predicted octanol–water partition coefficient (Wildman–Crippen LogP) is 1.40. The third-order valence-electron chi connectivity index (χ3n) is 2.49. The van der Waals surface area contributed by atoms with E-state index in [1.165, 1.54) is 17.7 Å². The summed E-state index contributed by atoms with van der Waals surface area (Å²) < 4.78 is 0. The number of benzene rings is 1. The fourth-order valence-corrected chi connectivity index (χ4v) is 1.94. The summed E-state index contributed by atoms with van der Waals surface area (Å²) in [5.41, 5.74) is 8.62. The summed E-state index contributed by atoms with van der Waals surface area (Å²) in [4.78, 5) is 2.38. The summed E-state index contributed by atoms with van der Waals surface area (Å²) in [7, 11) is 0. The second kappa shape index (κ2) is 3.38. The highest BCUT2D eigenvalue weighted by molar-refractivity contribution is 5.57. The maximum atomic E-state index is 5.79. The van der Waals surface area contributed by atoms with E-state index in [9.17, 15) is 0 Å². The maximum Gasteiger partial charge on any atom is 0.0400 e. The summed E-state index contributed by atoms with van der Waals surface area (Å²) in [5.74, 6) is 0. The van der Waals surface area contributed by atoms with Gasteiger partial charge < -0.3 is 10.6 Å². The number of hydrogen-bond acceptors (Lipinski definition) is 2. The monoisotopic (exact) mass is 176 g/mol. The molecular formula is C11H16N2. The number of para-hydroxylation sites is 1. The predicted molar refractivity (Wildman–Crippen MR) is 56.0 cm³/mol. The summed E-state index contributed by atoms with van der Waals surface area (Å²) in [5, 5.41) is 0. The molecule has 1 aliphatic rings. The number of anilines is 1. The minimum atomic E-state index is 0.256. The van der Waals surface area contributed by atoms with Crippen LogP contribution in [-0.2, 0) is 6.42 Å². The molecule has 0 fully saturated rings. The first-order valence-corrected chi connectivity index (χ1v) is 4.86. The minimum absolute atomic E-state index is 0.256. The van der Waals surface area contributed by atoms with Crippen molar-refractivity contribution in [2.75, 3.05) is 18.0 Å². The first-order valence-electron chi connectivity index (χ1n) is 4.86. The van der Waals surface area contributed by atoms with Crippen molar-refractivity contribution in [2.45, 2.75) is 19.4 Å². The topological polar surface area (TPSA) is 29.3 Å². The van der Waals surface area contributed by atoms with Crippen LogP contribution in [0, 0.1) is 0 Å². The largest absolute Gasteiger partial charge is 0.369 e. The van der Waals surface area contributed by atoms with E-state index < -0.39 is 0 Å². The summed E-state index contributed by atoms with van der Waals surface area (Å²) in [6.45, 7) is 4.15. The van der Waals surface area contributed by atoms with Crippen molar-refractivity contribution in [1.82, 2.24) is 0 Å². The van der Waals surface area contributed by atoms with Gasteiger partial charge in [-0.15, -0.1) is 0 Å². The molecule has 1 aliphatic heterocycles. The molecule has 0 aromatic heterocycles. The van der Waals surface area contributed by atoms with Crippen LogP contribution in [0.15, 0.2) is 24.3 Å². The molecule has 1 atom stereocenters. The summed E-state index contributed by atoms with van der Waals surface area (Å²) >= 11 is 0. The highest BCUT2D eigenvalue weighted by Gasteiger charge is 2.18. The van der Waals surface area contributed by atoms with Crippen LogP contribution >= 0.6 is 0 Å². The van der Waals surface area contributed by atoms with Crippen molar-refractivity contribution in [1.29, 1.82) is 0 Å². The van der Waals surface area contributed by atoms with Gasteiger partial charge in [0.1, 0.15) is 0 Å². The van der Waals surface area contributed by atoms with E-state index in [0.717, 1.165) is 13.1 Å². The lowest BCUT2D eigenvalue weighted by Gasteiger charge is -2.21. The van der Waals surface area contributed by atoms with Crippen molar-refractivity contribution in [2.24, 2.45) is 5.73 Å². The molecule has 0 bridgehead atoms. The molecule has 0 amide bonds. The molecule has 2 rings (SSSR count). The summed E-state index contributed by atoms with van der Waals surface area (Å²) in [6.07, 6.45) is 1.17. The van der Waals surface area contributed by atoms with Crippen LogP contribution < -0.4 is 10.6 Å². The molecule has 1 aromatic carbocycles. The number of nitrogens with two attached hydrogens (primary N) is 1. The van der Waals surface area contributed by atoms with Crippen LogP contribution in [0.3, 0.4) is 0 Å². The molecule has 0 spiro atoms. The van der Waals surface area contributed by atoms with Gasteiger partial charge in [0.25, 0.3) is 0 Å². The zero-order chi connectivity index (χ0) is 9.26. The fourth-order valence-electron chi connectivity index (χ4n) is 1.94. The Labute approximate surface area is 79.4 Å². The van der Waals surface area contributed by atoms with Gasteiger partial charge >= 0.3 is 0 Å². The third kappa shape index (κ3) is 1.68. The van der Waals surface area contributed by atoms with Gasteiger partial charge in [0.2, 0.25) is 0 Å². The van der Waals surface area contributed by atoms with E-state index in [1.807, 2.05) is 0 Å². The lowest BCUT2D eigenvalue weighted by molar-refractivity contribution is 0.693. The molecule has 13 heavy (non-hydrogen) atoms. The molecule has 0 aliphatic carbocycles. The molecule has 2 N–H and O–H groups in total. The number of hydrogen-bond donors (Lipinski definition) is 1. The number of nitrogens with zero attached hydrogens (tertiary/aromatic N) is 1. The highest BCUT2D eigenvalue weighted by atomic mass is 15.2. The Balaban J connectivity index is 2.18. The maximum absolute atomic E-state index is 5.79. The third-order valence-corrected chi connectivity index (χ3v) is 2.49. The van der Waals surface area contributed by atoms with Crippen molar-refractivity contribution >= 4 is 5.69 Å². The Bertz CT molecular complexity index is 294. The van der Waals surface area contributed by atoms with Crippen LogP contribution in [0.4, 0.5) is 5.69 Å². The molecule has 0 saturated heterocycles. The zero-order valence-corrected chi connectivity index (χ0v) is 8.03. The molecule has 1 heterocycles. The van der Waals surface area contributed by atoms with E-state index in [-0.39, 0.29) is 6.04 Å². The van der Waals surface area contributed by atoms with Crippen molar-refractivity contribution in [3.05, 3.63) is 29.8 Å². The lowest BCUT2D eigenvalue weighted by Crippen LogP contribution is -2.34. The van der Waals surface area contributed by atoms with Gasteiger partial charge in [-0.05, 0) is 25.0 Å². The summed E-state index contributed by atoms with van der Waals surface area (Å²) in [6, 6.07) is 8.85. The van der Waals surface area contributed by atoms with Gasteiger partial charge in [-0.2, -0.15) is 0 Å². The second-order valence-corrected chi connectivity index (χ2v) is 3.80. The molecule has 0 saturated carbocycles. The van der Waals surface area contributed by atoms with E-state index in [2.05, 4.69) is 36.1 Å². The molecule has 2 heteroatoms. The normalized spacial score (nSPS) is 17.2. The molecule has 1 unspecified atom stereocenters. The fraction of sp³-hybridized carbons (Fsp3) is 0.455. The number of rotatable bonds is 2. The second-order valence-electron chi connectivity index (χ2n) is 3.80. The van der Waals surface area contributed by atoms with E-state index in [1.54, 1.807) is 0 Å². The number of fused-ring (bicyclic) bond motifs is 1. The Kier molecular flexibility index (Phi) is 2.23. The molecule has 2 nitrogen and oxygen atoms in total. The van der Waals surface area contributed by atoms with Gasteiger partial charge in [0.05, 0.1) is 0 Å². The standard InChI is InChI=1S/C11H16N2/c1-9(12)8-13-7-6-10-4-2-3-5-11(10)13/h2-5,9H,6-8,12H2,1H3. The lowest BCUT2D eigenvalue weighted by atomic mass is 10.2. The van der Waals surface area contributed by atoms with Crippen molar-refractivity contribution < 1.29 is 0 Å². The first-order chi connectivity index (χ1) is 6.27. The Morgan fingerprint density at radius 1 is 1.46 bits per heavy atom. The first kappa shape index (κ1) is 8.57. The average Bonchev–Trinajstić information content (AvgIpc) is 2.48. The van der Waals surface area contributed by atoms with E-state index in [0.29, 0.717) is 0 Å². The Morgan fingerprint density at radius 3 is 3.00 bits per heavy atom. The average molecular weight is 176 g/mol. The highest BCUT2D eigenvalue weighted by Crippen LogP contribution is 2.26. The van der Waals surface area contributed by atoms with Crippen LogP contribution in [0.2, 0.25) is 0 Å². The van der Waals surface area contributed by atoms with Gasteiger partial charge in [-0.3, -0.25) is 0 Å². The Hall–Kier alpha value is -1.02. The van der Waals surface area contributed by atoms with Crippen molar-refractivity contribution in [3.8, 4) is 0 Å². The van der Waals surface area contributed by atoms with Gasteiger partial charge in [-0.1, -0.05) is 18.2 Å². The van der Waals surface area contributed by atoms with Crippen LogP contribution in [0.25, 0.3) is 0 Å². The van der Waals surface area contributed by atoms with E-state index >= 15 is 0 Å². The van der Waals surface area contributed by atoms with Crippen LogP contribution in [0.5, 0.6) is 0 Å².